The molecule has 31 heavy (non-hydrogen) atoms. The van der Waals surface area contributed by atoms with Crippen LogP contribution in [0.2, 0.25) is 0 Å². The smallest absolute Gasteiger partial charge is 0.191 e. The average Bonchev–Trinajstić information content (AvgIpc) is 2.78. The van der Waals surface area contributed by atoms with Gasteiger partial charge in [-0.05, 0) is 43.9 Å². The Bertz CT molecular complexity index is 848. The monoisotopic (exact) mass is 421 g/mol. The zero-order valence-corrected chi connectivity index (χ0v) is 18.8. The standard InChI is InChI=1S/C25H35N5O/c1-3-26-24(29-19-25(12-7-13-25)22-8-5-4-6-9-22)28-17-21-10-11-23(27-16-21)30-14-15-31-20(2)18-30/h4-6,8-11,16,20H,3,7,12-15,17-19H2,1-2H3,(H2,26,28,29). The highest BCUT2D eigenvalue weighted by Crippen LogP contribution is 2.43. The van der Waals surface area contributed by atoms with Crippen LogP contribution in [0.15, 0.2) is 53.7 Å². The molecule has 2 heterocycles. The van der Waals surface area contributed by atoms with Gasteiger partial charge < -0.3 is 20.3 Å². The third-order valence-electron chi connectivity index (χ3n) is 6.43. The van der Waals surface area contributed by atoms with Crippen LogP contribution in [0.25, 0.3) is 0 Å². The van der Waals surface area contributed by atoms with Gasteiger partial charge in [0.15, 0.2) is 5.96 Å². The van der Waals surface area contributed by atoms with Gasteiger partial charge in [-0.1, -0.05) is 42.8 Å². The number of nitrogens with one attached hydrogen (secondary N) is 2. The normalized spacial score (nSPS) is 20.8. The molecule has 0 spiro atoms. The largest absolute Gasteiger partial charge is 0.375 e. The van der Waals surface area contributed by atoms with E-state index in [1.807, 2.05) is 6.20 Å². The van der Waals surface area contributed by atoms with Crippen molar-refractivity contribution in [3.8, 4) is 0 Å². The number of morpholine rings is 1. The third-order valence-corrected chi connectivity index (χ3v) is 6.43. The number of nitrogens with zero attached hydrogens (tertiary/aromatic N) is 3. The minimum atomic E-state index is 0.232. The predicted molar refractivity (Wildman–Crippen MR) is 127 cm³/mol. The first-order valence-corrected chi connectivity index (χ1v) is 11.6. The first-order valence-electron chi connectivity index (χ1n) is 11.6. The van der Waals surface area contributed by atoms with Crippen LogP contribution in [-0.4, -0.2) is 49.8 Å². The summed E-state index contributed by atoms with van der Waals surface area (Å²) < 4.78 is 5.63. The Balaban J connectivity index is 1.36. The Hall–Kier alpha value is -2.60. The quantitative estimate of drug-likeness (QED) is 0.529. The molecule has 2 fully saturated rings. The van der Waals surface area contributed by atoms with Gasteiger partial charge in [0.2, 0.25) is 0 Å². The Morgan fingerprint density at radius 2 is 2.03 bits per heavy atom. The minimum Gasteiger partial charge on any atom is -0.375 e. The molecule has 6 nitrogen and oxygen atoms in total. The van der Waals surface area contributed by atoms with Gasteiger partial charge >= 0.3 is 0 Å². The predicted octanol–water partition coefficient (Wildman–Crippen LogP) is 3.48. The molecule has 1 aliphatic carbocycles. The zero-order valence-electron chi connectivity index (χ0n) is 18.8. The number of aromatic nitrogens is 1. The highest BCUT2D eigenvalue weighted by Gasteiger charge is 2.38. The molecule has 0 amide bonds. The summed E-state index contributed by atoms with van der Waals surface area (Å²) in [4.78, 5) is 11.8. The van der Waals surface area contributed by atoms with Crippen molar-refractivity contribution in [2.75, 3.05) is 37.7 Å². The number of hydrogen-bond donors (Lipinski definition) is 2. The Kier molecular flexibility index (Phi) is 7.07. The lowest BCUT2D eigenvalue weighted by atomic mass is 9.64. The van der Waals surface area contributed by atoms with Crippen molar-refractivity contribution in [2.24, 2.45) is 4.99 Å². The van der Waals surface area contributed by atoms with Crippen LogP contribution in [0.5, 0.6) is 0 Å². The first-order chi connectivity index (χ1) is 15.2. The maximum Gasteiger partial charge on any atom is 0.191 e. The summed E-state index contributed by atoms with van der Waals surface area (Å²) in [5, 5.41) is 6.99. The van der Waals surface area contributed by atoms with Crippen molar-refractivity contribution in [3.05, 3.63) is 59.8 Å². The number of benzene rings is 1. The summed E-state index contributed by atoms with van der Waals surface area (Å²) in [5.41, 5.74) is 2.78. The molecule has 2 N–H and O–H groups in total. The van der Waals surface area contributed by atoms with Gasteiger partial charge in [0.1, 0.15) is 5.82 Å². The van der Waals surface area contributed by atoms with E-state index < -0.39 is 0 Å². The number of guanidine groups is 1. The van der Waals surface area contributed by atoms with Crippen LogP contribution >= 0.6 is 0 Å². The van der Waals surface area contributed by atoms with E-state index >= 15 is 0 Å². The van der Waals surface area contributed by atoms with E-state index in [0.717, 1.165) is 50.1 Å². The van der Waals surface area contributed by atoms with Crippen molar-refractivity contribution in [1.82, 2.24) is 15.6 Å². The molecule has 6 heteroatoms. The van der Waals surface area contributed by atoms with Crippen molar-refractivity contribution in [2.45, 2.75) is 51.2 Å². The molecule has 1 aromatic carbocycles. The summed E-state index contributed by atoms with van der Waals surface area (Å²) in [5.74, 6) is 1.89. The highest BCUT2D eigenvalue weighted by molar-refractivity contribution is 5.79. The molecule has 1 saturated carbocycles. The van der Waals surface area contributed by atoms with Crippen LogP contribution < -0.4 is 15.5 Å². The van der Waals surface area contributed by atoms with Gasteiger partial charge in [-0.3, -0.25) is 0 Å². The number of hydrogen-bond acceptors (Lipinski definition) is 4. The van der Waals surface area contributed by atoms with E-state index in [2.05, 4.69) is 76.8 Å². The van der Waals surface area contributed by atoms with Gasteiger partial charge in [0, 0.05) is 37.8 Å². The Morgan fingerprint density at radius 1 is 1.19 bits per heavy atom. The minimum absolute atomic E-state index is 0.232. The summed E-state index contributed by atoms with van der Waals surface area (Å²) >= 11 is 0. The maximum atomic E-state index is 5.63. The van der Waals surface area contributed by atoms with Crippen molar-refractivity contribution >= 4 is 11.8 Å². The lowest BCUT2D eigenvalue weighted by molar-refractivity contribution is 0.0529. The van der Waals surface area contributed by atoms with Crippen molar-refractivity contribution in [3.63, 3.8) is 0 Å². The molecule has 1 unspecified atom stereocenters. The van der Waals surface area contributed by atoms with Crippen LogP contribution in [0.3, 0.4) is 0 Å². The molecule has 0 radical (unpaired) electrons. The van der Waals surface area contributed by atoms with Gasteiger partial charge in [-0.25, -0.2) is 9.98 Å². The fraction of sp³-hybridized carbons (Fsp3) is 0.520. The van der Waals surface area contributed by atoms with Gasteiger partial charge in [-0.15, -0.1) is 0 Å². The fourth-order valence-corrected chi connectivity index (χ4v) is 4.45. The van der Waals surface area contributed by atoms with Gasteiger partial charge in [0.25, 0.3) is 0 Å². The second-order valence-corrected chi connectivity index (χ2v) is 8.70. The molecule has 1 aromatic heterocycles. The van der Waals surface area contributed by atoms with Crippen LogP contribution in [-0.2, 0) is 16.7 Å². The maximum absolute atomic E-state index is 5.63. The second-order valence-electron chi connectivity index (χ2n) is 8.70. The van der Waals surface area contributed by atoms with E-state index in [1.54, 1.807) is 0 Å². The Morgan fingerprint density at radius 3 is 2.68 bits per heavy atom. The van der Waals surface area contributed by atoms with E-state index in [1.165, 1.54) is 24.8 Å². The summed E-state index contributed by atoms with van der Waals surface area (Å²) in [6.45, 7) is 9.13. The Labute approximate surface area is 186 Å². The van der Waals surface area contributed by atoms with E-state index in [-0.39, 0.29) is 11.5 Å². The molecule has 0 bridgehead atoms. The van der Waals surface area contributed by atoms with E-state index in [9.17, 15) is 0 Å². The van der Waals surface area contributed by atoms with Crippen LogP contribution in [0.4, 0.5) is 5.82 Å². The molecule has 4 rings (SSSR count). The van der Waals surface area contributed by atoms with Crippen molar-refractivity contribution in [1.29, 1.82) is 0 Å². The number of aliphatic imine (C=N–C) groups is 1. The average molecular weight is 422 g/mol. The highest BCUT2D eigenvalue weighted by atomic mass is 16.5. The SMILES string of the molecule is CCNC(=NCc1ccc(N2CCOC(C)C2)nc1)NCC1(c2ccccc2)CCC1. The molecular formula is C25H35N5O. The number of anilines is 1. The molecule has 2 aliphatic rings. The lowest BCUT2D eigenvalue weighted by Gasteiger charge is -2.43. The number of ether oxygens (including phenoxy) is 1. The molecule has 1 saturated heterocycles. The zero-order chi connectivity index (χ0) is 21.5. The summed E-state index contributed by atoms with van der Waals surface area (Å²) in [6.07, 6.45) is 5.96. The molecule has 166 valence electrons. The van der Waals surface area contributed by atoms with Gasteiger partial charge in [0.05, 0.1) is 19.3 Å². The van der Waals surface area contributed by atoms with Crippen LogP contribution in [0, 0.1) is 0 Å². The third kappa shape index (κ3) is 5.37. The summed E-state index contributed by atoms with van der Waals surface area (Å²) in [6, 6.07) is 15.1. The molecule has 1 atom stereocenters. The second kappa shape index (κ2) is 10.1. The fourth-order valence-electron chi connectivity index (χ4n) is 4.45. The van der Waals surface area contributed by atoms with E-state index in [4.69, 9.17) is 9.73 Å². The van der Waals surface area contributed by atoms with Gasteiger partial charge in [-0.2, -0.15) is 0 Å². The lowest BCUT2D eigenvalue weighted by Crippen LogP contribution is -2.48. The summed E-state index contributed by atoms with van der Waals surface area (Å²) in [7, 11) is 0. The molecule has 1 aliphatic heterocycles. The number of pyridine rings is 1. The molecule has 2 aromatic rings. The number of rotatable bonds is 7. The molecular weight excluding hydrogens is 386 g/mol. The van der Waals surface area contributed by atoms with Crippen molar-refractivity contribution < 1.29 is 4.74 Å². The first kappa shape index (κ1) is 21.6. The van der Waals surface area contributed by atoms with Crippen LogP contribution in [0.1, 0.15) is 44.2 Å². The topological polar surface area (TPSA) is 61.8 Å². The van der Waals surface area contributed by atoms with E-state index in [0.29, 0.717) is 6.54 Å².